The average Bonchev–Trinajstić information content (AvgIpc) is 2.80. The number of aliphatic carboxylic acids is 2. The van der Waals surface area contributed by atoms with Gasteiger partial charge in [-0.1, -0.05) is 90.2 Å². The van der Waals surface area contributed by atoms with Gasteiger partial charge in [0.25, 0.3) is 0 Å². The topological polar surface area (TPSA) is 173 Å². The molecular formula is C24H44CaN2O8S2. The number of hydrogen-bond acceptors (Lipinski definition) is 8. The number of rotatable bonds is 22. The zero-order valence-corrected chi connectivity index (χ0v) is 26.3. The van der Waals surface area contributed by atoms with Crippen molar-refractivity contribution in [3.63, 3.8) is 0 Å². The number of carbonyl (C=O) groups excluding carboxylic acids is 2. The molecule has 0 aromatic rings. The Labute approximate surface area is 253 Å². The summed E-state index contributed by atoms with van der Waals surface area (Å²) in [5.41, 5.74) is 0. The Morgan fingerprint density at radius 2 is 0.892 bits per heavy atom. The molecule has 0 bridgehead atoms. The smallest absolute Gasteiger partial charge is 0.549 e. The average molecular weight is 593 g/mol. The zero-order valence-electron chi connectivity index (χ0n) is 22.4. The molecule has 0 radical (unpaired) electrons. The first-order chi connectivity index (χ1) is 17.0. The van der Waals surface area contributed by atoms with E-state index in [2.05, 4.69) is 13.8 Å². The predicted octanol–water partition coefficient (Wildman–Crippen LogP) is 1.46. The van der Waals surface area contributed by atoms with Crippen molar-refractivity contribution in [1.29, 1.82) is 0 Å². The van der Waals surface area contributed by atoms with Crippen molar-refractivity contribution in [2.45, 2.75) is 104 Å². The minimum absolute atomic E-state index is 0. The van der Waals surface area contributed by atoms with Crippen LogP contribution in [0, 0.1) is 0 Å². The van der Waals surface area contributed by atoms with Crippen molar-refractivity contribution >= 4 is 69.7 Å². The fraction of sp³-hybridized carbons (Fsp3) is 0.750. The second kappa shape index (κ2) is 27.1. The van der Waals surface area contributed by atoms with E-state index >= 15 is 0 Å². The maximum Gasteiger partial charge on any atom is 2.00 e. The van der Waals surface area contributed by atoms with Crippen LogP contribution in [-0.2, 0) is 29.6 Å². The fourth-order valence-corrected chi connectivity index (χ4v) is 4.50. The minimum Gasteiger partial charge on any atom is -0.549 e. The van der Waals surface area contributed by atoms with Crippen LogP contribution in [0.4, 0.5) is 0 Å². The van der Waals surface area contributed by atoms with E-state index in [1.807, 2.05) is 9.44 Å². The van der Waals surface area contributed by atoms with Gasteiger partial charge in [-0.05, 0) is 25.7 Å². The monoisotopic (exact) mass is 592 g/mol. The van der Waals surface area contributed by atoms with Gasteiger partial charge in [0.15, 0.2) is 0 Å². The fourth-order valence-electron chi connectivity index (χ4n) is 2.89. The van der Waals surface area contributed by atoms with Gasteiger partial charge in [-0.25, -0.2) is 26.3 Å². The van der Waals surface area contributed by atoms with Gasteiger partial charge in [0, 0.05) is 10.8 Å². The maximum atomic E-state index is 11.2. The van der Waals surface area contributed by atoms with E-state index in [-0.39, 0.29) is 37.7 Å². The molecule has 0 spiro atoms. The Balaban J connectivity index is -0.000000608. The molecule has 0 atom stereocenters. The molecule has 0 rings (SSSR count). The van der Waals surface area contributed by atoms with Crippen LogP contribution >= 0.6 is 0 Å². The molecule has 0 heterocycles. The molecule has 0 aliphatic carbocycles. The molecule has 0 aromatic heterocycles. The Kier molecular flexibility index (Phi) is 30.0. The van der Waals surface area contributed by atoms with Gasteiger partial charge in [0.1, 0.15) is 0 Å². The normalized spacial score (nSPS) is 11.7. The number of unbranched alkanes of at least 4 members (excludes halogenated alkanes) is 12. The van der Waals surface area contributed by atoms with E-state index < -0.39 is 45.1 Å². The molecule has 0 fully saturated rings. The van der Waals surface area contributed by atoms with E-state index in [0.29, 0.717) is 12.8 Å². The summed E-state index contributed by atoms with van der Waals surface area (Å²) in [7, 11) is -7.26. The molecule has 2 N–H and O–H groups in total. The van der Waals surface area contributed by atoms with Crippen LogP contribution < -0.4 is 19.7 Å². The number of hydrogen-bond donors (Lipinski definition) is 2. The standard InChI is InChI=1S/2C12H23NO4S.Ca/c2*1-2-3-4-5-6-7-8-9-10-18(16,17)13-11-12(14)15;/h2*9-10,13H,2-8,11H2,1H3,(H,14,15);/q;;+2/p-2/b2*10-9+;. The van der Waals surface area contributed by atoms with Gasteiger partial charge in [-0.2, -0.15) is 0 Å². The van der Waals surface area contributed by atoms with Crippen LogP contribution in [0.5, 0.6) is 0 Å². The van der Waals surface area contributed by atoms with Gasteiger partial charge >= 0.3 is 37.7 Å². The third-order valence-electron chi connectivity index (χ3n) is 4.83. The predicted molar refractivity (Wildman–Crippen MR) is 144 cm³/mol. The number of carbonyl (C=O) groups is 2. The third-order valence-corrected chi connectivity index (χ3v) is 7.03. The van der Waals surface area contributed by atoms with Gasteiger partial charge in [-0.15, -0.1) is 0 Å². The Hall–Kier alpha value is -0.500. The van der Waals surface area contributed by atoms with E-state index in [1.165, 1.54) is 51.4 Å². The van der Waals surface area contributed by atoms with Crippen LogP contribution in [0.15, 0.2) is 23.0 Å². The van der Waals surface area contributed by atoms with Gasteiger partial charge in [0.05, 0.1) is 25.0 Å². The summed E-state index contributed by atoms with van der Waals surface area (Å²) >= 11 is 0. The van der Waals surface area contributed by atoms with E-state index in [0.717, 1.165) is 36.5 Å². The second-order valence-electron chi connectivity index (χ2n) is 8.33. The summed E-state index contributed by atoms with van der Waals surface area (Å²) in [6.07, 6.45) is 18.3. The van der Waals surface area contributed by atoms with Crippen molar-refractivity contribution < 1.29 is 36.6 Å². The first-order valence-corrected chi connectivity index (χ1v) is 15.8. The van der Waals surface area contributed by atoms with Crippen molar-refractivity contribution in [3.8, 4) is 0 Å². The second-order valence-corrected chi connectivity index (χ2v) is 11.6. The Bertz CT molecular complexity index is 775. The first kappa shape index (κ1) is 41.0. The quantitative estimate of drug-likeness (QED) is 0.140. The molecule has 0 saturated heterocycles. The van der Waals surface area contributed by atoms with Crippen molar-refractivity contribution in [3.05, 3.63) is 23.0 Å². The van der Waals surface area contributed by atoms with E-state index in [1.54, 1.807) is 12.2 Å². The van der Waals surface area contributed by atoms with Crippen LogP contribution in [0.1, 0.15) is 104 Å². The molecule has 0 aliphatic rings. The van der Waals surface area contributed by atoms with Crippen molar-refractivity contribution in [1.82, 2.24) is 9.44 Å². The number of carboxylic acids is 2. The molecular weight excluding hydrogens is 548 g/mol. The Morgan fingerprint density at radius 3 is 1.19 bits per heavy atom. The van der Waals surface area contributed by atoms with Crippen LogP contribution in [-0.4, -0.2) is 79.6 Å². The van der Waals surface area contributed by atoms with Gasteiger partial charge in [0.2, 0.25) is 20.0 Å². The number of allylic oxidation sites excluding steroid dienone is 2. The number of carboxylic acid groups (broad SMARTS) is 2. The largest absolute Gasteiger partial charge is 2.00 e. The summed E-state index contributed by atoms with van der Waals surface area (Å²) < 4.78 is 48.7. The van der Waals surface area contributed by atoms with E-state index in [9.17, 15) is 36.6 Å². The van der Waals surface area contributed by atoms with Crippen molar-refractivity contribution in [2.75, 3.05) is 13.1 Å². The van der Waals surface area contributed by atoms with Crippen LogP contribution in [0.3, 0.4) is 0 Å². The summed E-state index contributed by atoms with van der Waals surface area (Å²) in [4.78, 5) is 20.2. The van der Waals surface area contributed by atoms with E-state index in [4.69, 9.17) is 0 Å². The molecule has 10 nitrogen and oxygen atoms in total. The van der Waals surface area contributed by atoms with Crippen molar-refractivity contribution in [2.24, 2.45) is 0 Å². The molecule has 0 amide bonds. The molecule has 0 saturated carbocycles. The molecule has 212 valence electrons. The minimum atomic E-state index is -3.63. The molecule has 0 unspecified atom stereocenters. The Morgan fingerprint density at radius 1 is 0.595 bits per heavy atom. The number of nitrogens with one attached hydrogen (secondary N) is 2. The zero-order chi connectivity index (χ0) is 27.7. The molecule has 13 heteroatoms. The molecule has 37 heavy (non-hydrogen) atoms. The number of sulfonamides is 2. The van der Waals surface area contributed by atoms with Crippen LogP contribution in [0.25, 0.3) is 0 Å². The molecule has 0 aromatic carbocycles. The van der Waals surface area contributed by atoms with Gasteiger partial charge < -0.3 is 19.8 Å². The first-order valence-electron chi connectivity index (χ1n) is 12.7. The summed E-state index contributed by atoms with van der Waals surface area (Å²) in [5, 5.41) is 22.2. The van der Waals surface area contributed by atoms with Crippen LogP contribution in [0.2, 0.25) is 0 Å². The SMILES string of the molecule is CCCCCCCC/C=C/S(=O)(=O)NCC(=O)[O-].CCCCCCCC/C=C/S(=O)(=O)NCC(=O)[O-].[Ca+2]. The van der Waals surface area contributed by atoms with Gasteiger partial charge in [-0.3, -0.25) is 0 Å². The summed E-state index contributed by atoms with van der Waals surface area (Å²) in [5.74, 6) is -2.88. The molecule has 0 aliphatic heterocycles. The maximum absolute atomic E-state index is 11.2. The third kappa shape index (κ3) is 35.5. The summed E-state index contributed by atoms with van der Waals surface area (Å²) in [6.45, 7) is 2.94. The summed E-state index contributed by atoms with van der Waals surface area (Å²) in [6, 6.07) is 0.